The smallest absolute Gasteiger partial charge is 0.248 e. The van der Waals surface area contributed by atoms with Crippen molar-refractivity contribution >= 4 is 22.7 Å². The number of piperazine rings is 1. The number of fused-ring (bicyclic) bond motifs is 1. The molecule has 27 heavy (non-hydrogen) atoms. The van der Waals surface area contributed by atoms with Crippen molar-refractivity contribution in [2.45, 2.75) is 6.42 Å². The Kier molecular flexibility index (Phi) is 5.35. The Morgan fingerprint density at radius 3 is 2.56 bits per heavy atom. The fourth-order valence-corrected chi connectivity index (χ4v) is 3.62. The van der Waals surface area contributed by atoms with Crippen molar-refractivity contribution in [2.24, 2.45) is 0 Å². The van der Waals surface area contributed by atoms with Crippen LogP contribution in [0, 0.1) is 0 Å². The molecule has 2 heterocycles. The monoisotopic (exact) mass is 359 g/mol. The van der Waals surface area contributed by atoms with E-state index in [2.05, 4.69) is 63.3 Å². The molecule has 1 fully saturated rings. The van der Waals surface area contributed by atoms with Crippen LogP contribution >= 0.6 is 0 Å². The average molecular weight is 359 g/mol. The predicted molar refractivity (Wildman–Crippen MR) is 113 cm³/mol. The summed E-state index contributed by atoms with van der Waals surface area (Å²) < 4.78 is 0. The number of hydrogen-bond acceptors (Lipinski definition) is 3. The lowest BCUT2D eigenvalue weighted by atomic mass is 10.1. The molecule has 0 atom stereocenters. The second-order valence-corrected chi connectivity index (χ2v) is 7.02. The summed E-state index contributed by atoms with van der Waals surface area (Å²) in [5.41, 5.74) is 3.33. The summed E-state index contributed by atoms with van der Waals surface area (Å²) in [6.07, 6.45) is 5.47. The Morgan fingerprint density at radius 1 is 0.926 bits per heavy atom. The number of rotatable bonds is 5. The van der Waals surface area contributed by atoms with Crippen LogP contribution in [0.1, 0.15) is 12.0 Å². The first-order chi connectivity index (χ1) is 13.3. The van der Waals surface area contributed by atoms with Gasteiger partial charge in [0.2, 0.25) is 5.56 Å². The van der Waals surface area contributed by atoms with Gasteiger partial charge in [0.25, 0.3) is 0 Å². The summed E-state index contributed by atoms with van der Waals surface area (Å²) in [6.45, 7) is 5.52. The third kappa shape index (κ3) is 4.47. The molecular weight excluding hydrogens is 334 g/mol. The predicted octanol–water partition coefficient (Wildman–Crippen LogP) is 3.75. The highest BCUT2D eigenvalue weighted by molar-refractivity contribution is 5.80. The quantitative estimate of drug-likeness (QED) is 0.754. The third-order valence-electron chi connectivity index (χ3n) is 5.16. The van der Waals surface area contributed by atoms with Gasteiger partial charge in [-0.2, -0.15) is 0 Å². The van der Waals surface area contributed by atoms with Crippen molar-refractivity contribution in [1.29, 1.82) is 0 Å². The fourth-order valence-electron chi connectivity index (χ4n) is 3.62. The van der Waals surface area contributed by atoms with Crippen LogP contribution in [-0.2, 0) is 0 Å². The van der Waals surface area contributed by atoms with E-state index < -0.39 is 0 Å². The van der Waals surface area contributed by atoms with E-state index in [-0.39, 0.29) is 5.56 Å². The van der Waals surface area contributed by atoms with Crippen LogP contribution in [0.3, 0.4) is 0 Å². The first-order valence-corrected chi connectivity index (χ1v) is 9.60. The van der Waals surface area contributed by atoms with Crippen molar-refractivity contribution in [3.63, 3.8) is 0 Å². The second kappa shape index (κ2) is 8.23. The summed E-state index contributed by atoms with van der Waals surface area (Å²) in [7, 11) is 0. The van der Waals surface area contributed by atoms with Gasteiger partial charge in [-0.25, -0.2) is 0 Å². The largest absolute Gasteiger partial charge is 0.369 e. The number of nitrogens with zero attached hydrogens (tertiary/aromatic N) is 2. The highest BCUT2D eigenvalue weighted by atomic mass is 16.1. The Labute approximate surface area is 159 Å². The van der Waals surface area contributed by atoms with Crippen LogP contribution < -0.4 is 10.5 Å². The minimum atomic E-state index is -0.0573. The zero-order valence-corrected chi connectivity index (χ0v) is 15.5. The van der Waals surface area contributed by atoms with E-state index in [0.717, 1.165) is 50.0 Å². The number of anilines is 1. The molecule has 1 aliphatic rings. The third-order valence-corrected chi connectivity index (χ3v) is 5.16. The molecule has 0 amide bonds. The van der Waals surface area contributed by atoms with Crippen molar-refractivity contribution in [3.05, 3.63) is 82.7 Å². The van der Waals surface area contributed by atoms with Gasteiger partial charge in [-0.15, -0.1) is 0 Å². The summed E-state index contributed by atoms with van der Waals surface area (Å²) >= 11 is 0. The minimum Gasteiger partial charge on any atom is -0.369 e. The topological polar surface area (TPSA) is 39.3 Å². The van der Waals surface area contributed by atoms with E-state index in [1.807, 2.05) is 18.2 Å². The van der Waals surface area contributed by atoms with Gasteiger partial charge in [-0.05, 0) is 47.7 Å². The summed E-state index contributed by atoms with van der Waals surface area (Å²) in [5.74, 6) is 0. The number of benzene rings is 2. The number of pyridine rings is 1. The summed E-state index contributed by atoms with van der Waals surface area (Å²) in [4.78, 5) is 19.2. The molecule has 0 radical (unpaired) electrons. The molecule has 1 saturated heterocycles. The molecule has 0 aliphatic carbocycles. The number of aromatic nitrogens is 1. The molecule has 4 rings (SSSR count). The van der Waals surface area contributed by atoms with Gasteiger partial charge in [-0.1, -0.05) is 36.4 Å². The van der Waals surface area contributed by atoms with E-state index in [9.17, 15) is 4.79 Å². The molecular formula is C23H25N3O. The number of nitrogens with one attached hydrogen (secondary N) is 1. The molecule has 0 saturated carbocycles. The first-order valence-electron chi connectivity index (χ1n) is 9.60. The minimum absolute atomic E-state index is 0.0573. The Balaban J connectivity index is 1.26. The number of aromatic amines is 1. The molecule has 4 nitrogen and oxygen atoms in total. The van der Waals surface area contributed by atoms with Gasteiger partial charge in [0.15, 0.2) is 0 Å². The number of H-pyrrole nitrogens is 1. The molecule has 1 aliphatic heterocycles. The zero-order chi connectivity index (χ0) is 18.5. The van der Waals surface area contributed by atoms with Crippen LogP contribution in [0.15, 0.2) is 71.5 Å². The van der Waals surface area contributed by atoms with E-state index in [1.54, 1.807) is 6.07 Å². The molecule has 2 aromatic carbocycles. The van der Waals surface area contributed by atoms with Crippen LogP contribution in [0.2, 0.25) is 0 Å². The van der Waals surface area contributed by atoms with Gasteiger partial charge in [0, 0.05) is 50.0 Å². The van der Waals surface area contributed by atoms with Crippen LogP contribution in [0.25, 0.3) is 17.0 Å². The normalized spacial score (nSPS) is 15.6. The van der Waals surface area contributed by atoms with E-state index in [0.29, 0.717) is 0 Å². The van der Waals surface area contributed by atoms with Crippen LogP contribution in [0.5, 0.6) is 0 Å². The first kappa shape index (κ1) is 17.6. The van der Waals surface area contributed by atoms with Crippen molar-refractivity contribution in [1.82, 2.24) is 9.88 Å². The fraction of sp³-hybridized carbons (Fsp3) is 0.261. The lowest BCUT2D eigenvalue weighted by Crippen LogP contribution is -2.46. The Hall–Kier alpha value is -2.85. The lowest BCUT2D eigenvalue weighted by Gasteiger charge is -2.36. The standard InChI is InChI=1S/C23H25N3O/c27-23-12-10-20-18-19(9-11-22(20)24-23)6-4-5-13-25-14-16-26(17-15-25)21-7-2-1-3-8-21/h1-4,6-12,18H,5,13-17H2,(H,24,27). The zero-order valence-electron chi connectivity index (χ0n) is 15.5. The van der Waals surface area contributed by atoms with Gasteiger partial charge in [0.1, 0.15) is 0 Å². The Morgan fingerprint density at radius 2 is 1.74 bits per heavy atom. The molecule has 0 spiro atoms. The number of para-hydroxylation sites is 1. The average Bonchev–Trinajstić information content (AvgIpc) is 2.72. The maximum Gasteiger partial charge on any atom is 0.248 e. The highest BCUT2D eigenvalue weighted by Gasteiger charge is 2.15. The summed E-state index contributed by atoms with van der Waals surface area (Å²) in [5, 5.41) is 1.06. The van der Waals surface area contributed by atoms with E-state index >= 15 is 0 Å². The van der Waals surface area contributed by atoms with E-state index in [1.165, 1.54) is 11.3 Å². The van der Waals surface area contributed by atoms with Crippen LogP contribution in [0.4, 0.5) is 5.69 Å². The van der Waals surface area contributed by atoms with Crippen molar-refractivity contribution < 1.29 is 0 Å². The van der Waals surface area contributed by atoms with Crippen molar-refractivity contribution in [2.75, 3.05) is 37.6 Å². The van der Waals surface area contributed by atoms with Crippen LogP contribution in [-0.4, -0.2) is 42.6 Å². The molecule has 3 aromatic rings. The number of hydrogen-bond donors (Lipinski definition) is 1. The second-order valence-electron chi connectivity index (χ2n) is 7.02. The van der Waals surface area contributed by atoms with Gasteiger partial charge >= 0.3 is 0 Å². The van der Waals surface area contributed by atoms with Gasteiger partial charge < -0.3 is 9.88 Å². The lowest BCUT2D eigenvalue weighted by molar-refractivity contribution is 0.263. The molecule has 4 heteroatoms. The Bertz CT molecular complexity index is 970. The maximum absolute atomic E-state index is 11.4. The SMILES string of the molecule is O=c1ccc2cc(C=CCCN3CCN(c4ccccc4)CC3)ccc2[nH]1. The molecule has 0 bridgehead atoms. The van der Waals surface area contributed by atoms with Crippen molar-refractivity contribution in [3.8, 4) is 0 Å². The molecule has 0 unspecified atom stereocenters. The van der Waals surface area contributed by atoms with Gasteiger partial charge in [-0.3, -0.25) is 9.69 Å². The highest BCUT2D eigenvalue weighted by Crippen LogP contribution is 2.16. The maximum atomic E-state index is 11.4. The van der Waals surface area contributed by atoms with E-state index in [4.69, 9.17) is 0 Å². The molecule has 138 valence electrons. The summed E-state index contributed by atoms with van der Waals surface area (Å²) in [6, 6.07) is 20.2. The molecule has 1 N–H and O–H groups in total. The molecule has 1 aromatic heterocycles. The van der Waals surface area contributed by atoms with Gasteiger partial charge in [0.05, 0.1) is 0 Å².